The first kappa shape index (κ1) is 42.1. The van der Waals surface area contributed by atoms with Gasteiger partial charge in [-0.25, -0.2) is 0 Å². The van der Waals surface area contributed by atoms with Crippen LogP contribution in [0.25, 0.3) is 0 Å². The van der Waals surface area contributed by atoms with Crippen LogP contribution in [0.2, 0.25) is 0 Å². The smallest absolute Gasteiger partial charge is 0.229 e. The van der Waals surface area contributed by atoms with Gasteiger partial charge in [0.15, 0.2) is 0 Å². The number of para-hydroxylation sites is 1. The summed E-state index contributed by atoms with van der Waals surface area (Å²) in [7, 11) is 1.73. The highest BCUT2D eigenvalue weighted by Crippen LogP contribution is 2.25. The second-order valence-corrected chi connectivity index (χ2v) is 13.0. The Bertz CT molecular complexity index is 1490. The lowest BCUT2D eigenvalue weighted by atomic mass is 10.0. The molecule has 2 N–H and O–H groups in total. The topological polar surface area (TPSA) is 136 Å². The summed E-state index contributed by atoms with van der Waals surface area (Å²) in [5, 5.41) is 5.77. The predicted octanol–water partition coefficient (Wildman–Crippen LogP) is 3.69. The Morgan fingerprint density at radius 1 is 0.731 bits per heavy atom. The zero-order chi connectivity index (χ0) is 37.6. The maximum atomic E-state index is 13.3. The number of benzene rings is 2. The highest BCUT2D eigenvalue weighted by molar-refractivity contribution is 5.95. The number of ether oxygens (including phenoxy) is 4. The van der Waals surface area contributed by atoms with Gasteiger partial charge in [-0.15, -0.1) is 0 Å². The summed E-state index contributed by atoms with van der Waals surface area (Å²) in [4.78, 5) is 53.2. The molecule has 12 nitrogen and oxygen atoms in total. The molecule has 2 aromatic carbocycles. The first-order chi connectivity index (χ1) is 25.2. The molecule has 0 bridgehead atoms. The van der Waals surface area contributed by atoms with Gasteiger partial charge in [-0.05, 0) is 43.0 Å². The first-order valence-corrected chi connectivity index (χ1v) is 18.3. The van der Waals surface area contributed by atoms with Crippen LogP contribution < -0.4 is 15.5 Å². The van der Waals surface area contributed by atoms with Crippen LogP contribution in [0.5, 0.6) is 0 Å². The quantitative estimate of drug-likeness (QED) is 0.124. The number of likely N-dealkylation sites (N-methyl/N-ethyl adjacent to an activating group) is 1. The van der Waals surface area contributed by atoms with Gasteiger partial charge in [0.25, 0.3) is 0 Å². The number of nitrogens with zero attached hydrogens (tertiary/aromatic N) is 2. The van der Waals surface area contributed by atoms with Crippen molar-refractivity contribution >= 4 is 29.3 Å². The number of fused-ring (bicyclic) bond motifs is 2. The molecule has 1 atom stereocenters. The third-order valence-corrected chi connectivity index (χ3v) is 8.60. The molecule has 0 aliphatic carbocycles. The molecule has 12 heteroatoms. The summed E-state index contributed by atoms with van der Waals surface area (Å²) in [6.07, 6.45) is 1.55. The van der Waals surface area contributed by atoms with Crippen LogP contribution in [0.1, 0.15) is 69.6 Å². The fourth-order valence-electron chi connectivity index (χ4n) is 5.08. The van der Waals surface area contributed by atoms with E-state index in [1.54, 1.807) is 16.8 Å². The third kappa shape index (κ3) is 15.9. The summed E-state index contributed by atoms with van der Waals surface area (Å²) in [6, 6.07) is 15.5. The highest BCUT2D eigenvalue weighted by Gasteiger charge is 2.21. The minimum absolute atomic E-state index is 0.00765. The van der Waals surface area contributed by atoms with Gasteiger partial charge in [-0.2, -0.15) is 0 Å². The van der Waals surface area contributed by atoms with Crippen molar-refractivity contribution in [1.82, 2.24) is 15.5 Å². The lowest BCUT2D eigenvalue weighted by Gasteiger charge is -2.26. The van der Waals surface area contributed by atoms with E-state index in [-0.39, 0.29) is 55.7 Å². The summed E-state index contributed by atoms with van der Waals surface area (Å²) in [6.45, 7) is 10.2. The first-order valence-electron chi connectivity index (χ1n) is 18.3. The Morgan fingerprint density at radius 3 is 2.02 bits per heavy atom. The molecule has 0 spiro atoms. The van der Waals surface area contributed by atoms with Gasteiger partial charge in [0.1, 0.15) is 0 Å². The van der Waals surface area contributed by atoms with Crippen molar-refractivity contribution in [3.8, 4) is 11.8 Å². The summed E-state index contributed by atoms with van der Waals surface area (Å²) in [5.41, 5.74) is 3.45. The molecule has 1 heterocycles. The molecule has 2 aromatic rings. The van der Waals surface area contributed by atoms with Crippen LogP contribution >= 0.6 is 0 Å². The van der Waals surface area contributed by atoms with Crippen molar-refractivity contribution in [2.24, 2.45) is 5.92 Å². The Kier molecular flexibility index (Phi) is 19.5. The van der Waals surface area contributed by atoms with Crippen LogP contribution in [0.4, 0.5) is 5.69 Å². The van der Waals surface area contributed by atoms with Crippen molar-refractivity contribution in [2.75, 3.05) is 77.9 Å². The maximum Gasteiger partial charge on any atom is 0.229 e. The summed E-state index contributed by atoms with van der Waals surface area (Å²) >= 11 is 0. The van der Waals surface area contributed by atoms with E-state index < -0.39 is 0 Å². The molecule has 284 valence electrons. The van der Waals surface area contributed by atoms with Crippen molar-refractivity contribution in [2.45, 2.75) is 65.5 Å². The van der Waals surface area contributed by atoms with Crippen molar-refractivity contribution in [3.05, 3.63) is 65.2 Å². The van der Waals surface area contributed by atoms with Crippen molar-refractivity contribution < 1.29 is 38.1 Å². The highest BCUT2D eigenvalue weighted by atomic mass is 16.6. The zero-order valence-electron chi connectivity index (χ0n) is 31.2. The van der Waals surface area contributed by atoms with Crippen LogP contribution in [0.3, 0.4) is 0 Å². The number of hydrogen-bond acceptors (Lipinski definition) is 8. The number of hydrogen-bond donors (Lipinski definition) is 2. The normalized spacial score (nSPS) is 12.4. The molecular formula is C40H56N4O8. The van der Waals surface area contributed by atoms with Gasteiger partial charge in [-0.1, -0.05) is 56.0 Å². The fraction of sp³-hybridized carbons (Fsp3) is 0.550. The van der Waals surface area contributed by atoms with Crippen LogP contribution in [-0.4, -0.2) is 108 Å². The van der Waals surface area contributed by atoms with E-state index in [4.69, 9.17) is 18.9 Å². The van der Waals surface area contributed by atoms with E-state index >= 15 is 0 Å². The maximum absolute atomic E-state index is 13.3. The van der Waals surface area contributed by atoms with Gasteiger partial charge >= 0.3 is 0 Å². The molecule has 0 saturated heterocycles. The number of amides is 4. The second-order valence-electron chi connectivity index (χ2n) is 13.0. The van der Waals surface area contributed by atoms with Crippen LogP contribution in [0.15, 0.2) is 48.5 Å². The number of rotatable bonds is 24. The molecule has 52 heavy (non-hydrogen) atoms. The third-order valence-electron chi connectivity index (χ3n) is 8.60. The van der Waals surface area contributed by atoms with E-state index in [1.807, 2.05) is 55.5 Å². The molecule has 0 fully saturated rings. The Hall–Kier alpha value is -4.28. The van der Waals surface area contributed by atoms with E-state index in [1.165, 1.54) is 0 Å². The summed E-state index contributed by atoms with van der Waals surface area (Å²) in [5.74, 6) is 6.48. The number of carbonyl (C=O) groups is 4. The predicted molar refractivity (Wildman–Crippen MR) is 200 cm³/mol. The minimum Gasteiger partial charge on any atom is -0.379 e. The van der Waals surface area contributed by atoms with E-state index in [9.17, 15) is 19.2 Å². The molecule has 0 radical (unpaired) electrons. The SMILES string of the molecule is CC(C)[C@@H](C)NC(=O)CCCC(=O)N(C)CCOCCOCCOCCOCCC(=O)NCCC(=O)N1Cc2ccccc2C#Cc2ccccc21. The van der Waals surface area contributed by atoms with Crippen LogP contribution in [0, 0.1) is 17.8 Å². The minimum atomic E-state index is -0.181. The largest absolute Gasteiger partial charge is 0.379 e. The van der Waals surface area contributed by atoms with Crippen LogP contribution in [-0.2, 0) is 44.7 Å². The average molecular weight is 721 g/mol. The standard InChI is InChI=1S/C40H56N4O8/c1-31(2)32(3)42-38(46)14-9-15-39(47)43(4)21-23-50-25-27-52-29-28-51-26-24-49-22-19-37(45)41-20-18-40(48)44-30-35-12-6-5-10-33(35)16-17-34-11-7-8-13-36(34)44/h5-8,10-13,31-32H,9,14-15,18-30H2,1-4H3,(H,41,45)(H,42,46)/t32-/m1/s1. The number of nitrogens with one attached hydrogen (secondary N) is 2. The number of carbonyl (C=O) groups excluding carboxylic acids is 4. The van der Waals surface area contributed by atoms with E-state index in [0.717, 1.165) is 22.4 Å². The Balaban J connectivity index is 1.13. The molecule has 1 aliphatic heterocycles. The van der Waals surface area contributed by atoms with Gasteiger partial charge < -0.3 is 39.4 Å². The Morgan fingerprint density at radius 2 is 1.33 bits per heavy atom. The molecule has 4 amide bonds. The Labute approximate surface area is 308 Å². The van der Waals surface area contributed by atoms with Gasteiger partial charge in [0.2, 0.25) is 23.6 Å². The van der Waals surface area contributed by atoms with Gasteiger partial charge in [-0.3, -0.25) is 19.2 Å². The lowest BCUT2D eigenvalue weighted by molar-refractivity contribution is -0.131. The van der Waals surface area contributed by atoms with Crippen molar-refractivity contribution in [3.63, 3.8) is 0 Å². The monoisotopic (exact) mass is 720 g/mol. The lowest BCUT2D eigenvalue weighted by Crippen LogP contribution is -2.36. The van der Waals surface area contributed by atoms with Gasteiger partial charge in [0, 0.05) is 63.0 Å². The molecule has 3 rings (SSSR count). The molecule has 0 aromatic heterocycles. The average Bonchev–Trinajstić information content (AvgIpc) is 3.12. The van der Waals surface area contributed by atoms with Gasteiger partial charge in [0.05, 0.1) is 65.1 Å². The summed E-state index contributed by atoms with van der Waals surface area (Å²) < 4.78 is 22.1. The number of anilines is 1. The second kappa shape index (κ2) is 24.1. The molecular weight excluding hydrogens is 664 g/mol. The zero-order valence-corrected chi connectivity index (χ0v) is 31.2. The molecule has 0 unspecified atom stereocenters. The van der Waals surface area contributed by atoms with E-state index in [2.05, 4.69) is 36.3 Å². The molecule has 1 aliphatic rings. The van der Waals surface area contributed by atoms with Crippen molar-refractivity contribution in [1.29, 1.82) is 0 Å². The fourth-order valence-corrected chi connectivity index (χ4v) is 5.08. The molecule has 0 saturated carbocycles. The van der Waals surface area contributed by atoms with E-state index in [0.29, 0.717) is 84.5 Å².